The monoisotopic (exact) mass is 301 g/mol. The first-order valence-corrected chi connectivity index (χ1v) is 6.15. The molecular formula is C12H15NO8. The van der Waals surface area contributed by atoms with Gasteiger partial charge in [-0.05, 0) is 12.1 Å². The van der Waals surface area contributed by atoms with E-state index in [0.717, 1.165) is 0 Å². The quantitative estimate of drug-likeness (QED) is 0.400. The van der Waals surface area contributed by atoms with Crippen molar-refractivity contribution in [3.8, 4) is 5.75 Å². The van der Waals surface area contributed by atoms with Crippen LogP contribution >= 0.6 is 0 Å². The van der Waals surface area contributed by atoms with E-state index in [1.54, 1.807) is 0 Å². The van der Waals surface area contributed by atoms with E-state index in [1.807, 2.05) is 0 Å². The highest BCUT2D eigenvalue weighted by Crippen LogP contribution is 2.25. The number of non-ortho nitro benzene ring substituents is 1. The van der Waals surface area contributed by atoms with Crippen molar-refractivity contribution in [1.29, 1.82) is 0 Å². The Kier molecular flexibility index (Phi) is 4.70. The summed E-state index contributed by atoms with van der Waals surface area (Å²) < 4.78 is 10.4. The molecule has 1 fully saturated rings. The SMILES string of the molecule is O=[N+]([O-])c1ccc(O[C@H]2OC(CO)C(O)C(O)C2O)cc1. The lowest BCUT2D eigenvalue weighted by molar-refractivity contribution is -0.384. The van der Waals surface area contributed by atoms with Crippen LogP contribution in [0.5, 0.6) is 5.75 Å². The molecule has 0 radical (unpaired) electrons. The summed E-state index contributed by atoms with van der Waals surface area (Å²) in [6, 6.07) is 5.03. The van der Waals surface area contributed by atoms with Gasteiger partial charge in [-0.1, -0.05) is 0 Å². The van der Waals surface area contributed by atoms with Gasteiger partial charge >= 0.3 is 0 Å². The number of nitrogens with zero attached hydrogens (tertiary/aromatic N) is 1. The van der Waals surface area contributed by atoms with Crippen LogP contribution in [0.2, 0.25) is 0 Å². The average Bonchev–Trinajstić information content (AvgIpc) is 2.48. The minimum Gasteiger partial charge on any atom is -0.462 e. The Morgan fingerprint density at radius 2 is 1.76 bits per heavy atom. The maximum Gasteiger partial charge on any atom is 0.269 e. The van der Waals surface area contributed by atoms with Crippen molar-refractivity contribution in [2.75, 3.05) is 6.61 Å². The number of rotatable bonds is 4. The van der Waals surface area contributed by atoms with Gasteiger partial charge in [0.15, 0.2) is 0 Å². The van der Waals surface area contributed by atoms with Gasteiger partial charge in [0.2, 0.25) is 6.29 Å². The first-order chi connectivity index (χ1) is 9.93. The molecule has 0 saturated carbocycles. The van der Waals surface area contributed by atoms with Crippen molar-refractivity contribution in [3.63, 3.8) is 0 Å². The summed E-state index contributed by atoms with van der Waals surface area (Å²) in [6.07, 6.45) is -6.94. The summed E-state index contributed by atoms with van der Waals surface area (Å²) in [6.45, 7) is -0.564. The van der Waals surface area contributed by atoms with Crippen molar-refractivity contribution in [3.05, 3.63) is 34.4 Å². The number of ether oxygens (including phenoxy) is 2. The molecule has 116 valence electrons. The van der Waals surface area contributed by atoms with Crippen molar-refractivity contribution >= 4 is 5.69 Å². The summed E-state index contributed by atoms with van der Waals surface area (Å²) in [5.74, 6) is 0.171. The summed E-state index contributed by atoms with van der Waals surface area (Å²) in [4.78, 5) is 9.95. The standard InChI is InChI=1S/C12H15NO8/c14-5-8-9(15)10(16)11(17)12(21-8)20-7-3-1-6(2-4-7)13(18)19/h1-4,8-12,14-17H,5H2/t8?,9?,10?,11?,12-/m0/s1. The minimum atomic E-state index is -1.54. The Balaban J connectivity index is 2.08. The zero-order valence-electron chi connectivity index (χ0n) is 10.8. The number of hydrogen-bond acceptors (Lipinski definition) is 8. The third kappa shape index (κ3) is 3.28. The Labute approximate surface area is 119 Å². The molecule has 4 unspecified atom stereocenters. The van der Waals surface area contributed by atoms with Crippen molar-refractivity contribution < 1.29 is 34.8 Å². The van der Waals surface area contributed by atoms with Crippen LogP contribution in [0.15, 0.2) is 24.3 Å². The van der Waals surface area contributed by atoms with Gasteiger partial charge in [0.25, 0.3) is 5.69 Å². The molecule has 2 rings (SSSR count). The predicted octanol–water partition coefficient (Wildman–Crippen LogP) is -1.23. The first kappa shape index (κ1) is 15.6. The molecule has 9 heteroatoms. The molecular weight excluding hydrogens is 286 g/mol. The molecule has 9 nitrogen and oxygen atoms in total. The number of aliphatic hydroxyl groups is 4. The maximum absolute atomic E-state index is 10.5. The molecule has 0 amide bonds. The van der Waals surface area contributed by atoms with Gasteiger partial charge in [0.05, 0.1) is 11.5 Å². The minimum absolute atomic E-state index is 0.129. The number of hydrogen-bond donors (Lipinski definition) is 4. The largest absolute Gasteiger partial charge is 0.462 e. The molecule has 1 aliphatic rings. The number of benzene rings is 1. The first-order valence-electron chi connectivity index (χ1n) is 6.15. The highest BCUT2D eigenvalue weighted by atomic mass is 16.7. The fraction of sp³-hybridized carbons (Fsp3) is 0.500. The second kappa shape index (κ2) is 6.33. The van der Waals surface area contributed by atoms with Crippen molar-refractivity contribution in [2.24, 2.45) is 0 Å². The van der Waals surface area contributed by atoms with Gasteiger partial charge < -0.3 is 29.9 Å². The normalized spacial score (nSPS) is 32.7. The second-order valence-electron chi connectivity index (χ2n) is 4.57. The summed E-state index contributed by atoms with van der Waals surface area (Å²) in [7, 11) is 0. The average molecular weight is 301 g/mol. The topological polar surface area (TPSA) is 143 Å². The van der Waals surface area contributed by atoms with E-state index in [9.17, 15) is 25.4 Å². The third-order valence-corrected chi connectivity index (χ3v) is 3.15. The summed E-state index contributed by atoms with van der Waals surface area (Å²) in [5.41, 5.74) is -0.129. The van der Waals surface area contributed by atoms with Crippen LogP contribution in [0.3, 0.4) is 0 Å². The fourth-order valence-electron chi connectivity index (χ4n) is 1.95. The Hall–Kier alpha value is -1.78. The predicted molar refractivity (Wildman–Crippen MR) is 67.5 cm³/mol. The number of nitro groups is 1. The molecule has 1 aliphatic heterocycles. The van der Waals surface area contributed by atoms with Crippen molar-refractivity contribution in [2.45, 2.75) is 30.7 Å². The van der Waals surface area contributed by atoms with Crippen LogP contribution in [0, 0.1) is 10.1 Å². The van der Waals surface area contributed by atoms with Gasteiger partial charge in [0.1, 0.15) is 30.2 Å². The highest BCUT2D eigenvalue weighted by Gasteiger charge is 2.44. The van der Waals surface area contributed by atoms with Gasteiger partial charge in [-0.25, -0.2) is 0 Å². The van der Waals surface area contributed by atoms with Crippen LogP contribution in [-0.4, -0.2) is 62.7 Å². The van der Waals surface area contributed by atoms with E-state index < -0.39 is 42.2 Å². The molecule has 1 heterocycles. The lowest BCUT2D eigenvalue weighted by atomic mass is 9.99. The van der Waals surface area contributed by atoms with Crippen LogP contribution in [0.4, 0.5) is 5.69 Å². The van der Waals surface area contributed by atoms with Gasteiger partial charge in [-0.15, -0.1) is 0 Å². The number of aliphatic hydroxyl groups excluding tert-OH is 4. The lowest BCUT2D eigenvalue weighted by Gasteiger charge is -2.39. The summed E-state index contributed by atoms with van der Waals surface area (Å²) >= 11 is 0. The van der Waals surface area contributed by atoms with Gasteiger partial charge in [-0.2, -0.15) is 0 Å². The zero-order chi connectivity index (χ0) is 15.6. The summed E-state index contributed by atoms with van der Waals surface area (Å²) in [5, 5.41) is 48.6. The van der Waals surface area contributed by atoms with E-state index in [1.165, 1.54) is 24.3 Å². The molecule has 1 aromatic rings. The van der Waals surface area contributed by atoms with Crippen molar-refractivity contribution in [1.82, 2.24) is 0 Å². The maximum atomic E-state index is 10.5. The molecule has 0 aliphatic carbocycles. The van der Waals surface area contributed by atoms with Crippen LogP contribution in [0.1, 0.15) is 0 Å². The Morgan fingerprint density at radius 3 is 2.29 bits per heavy atom. The van der Waals surface area contributed by atoms with Gasteiger partial charge in [-0.3, -0.25) is 10.1 Å². The van der Waals surface area contributed by atoms with E-state index in [-0.39, 0.29) is 11.4 Å². The van der Waals surface area contributed by atoms with Gasteiger partial charge in [0, 0.05) is 12.1 Å². The molecule has 1 aromatic carbocycles. The third-order valence-electron chi connectivity index (χ3n) is 3.15. The van der Waals surface area contributed by atoms with E-state index in [2.05, 4.69) is 0 Å². The van der Waals surface area contributed by atoms with Crippen LogP contribution < -0.4 is 4.74 Å². The molecule has 4 N–H and O–H groups in total. The van der Waals surface area contributed by atoms with Crippen LogP contribution in [0.25, 0.3) is 0 Å². The van der Waals surface area contributed by atoms with E-state index in [4.69, 9.17) is 14.6 Å². The Bertz CT molecular complexity index is 491. The number of nitro benzene ring substituents is 1. The molecule has 1 saturated heterocycles. The molecule has 21 heavy (non-hydrogen) atoms. The molecule has 0 bridgehead atoms. The van der Waals surface area contributed by atoms with E-state index in [0.29, 0.717) is 0 Å². The smallest absolute Gasteiger partial charge is 0.269 e. The second-order valence-corrected chi connectivity index (χ2v) is 4.57. The zero-order valence-corrected chi connectivity index (χ0v) is 10.8. The fourth-order valence-corrected chi connectivity index (χ4v) is 1.95. The highest BCUT2D eigenvalue weighted by molar-refractivity contribution is 5.36. The molecule has 0 aromatic heterocycles. The molecule has 0 spiro atoms. The van der Waals surface area contributed by atoms with Crippen LogP contribution in [-0.2, 0) is 4.74 Å². The van der Waals surface area contributed by atoms with E-state index >= 15 is 0 Å². The Morgan fingerprint density at radius 1 is 1.14 bits per heavy atom. The molecule has 5 atom stereocenters. The lowest BCUT2D eigenvalue weighted by Crippen LogP contribution is -2.60.